The molecule has 8 nitrogen and oxygen atoms in total. The second-order valence-corrected chi connectivity index (χ2v) is 10.3. The third-order valence-electron chi connectivity index (χ3n) is 7.22. The minimum Gasteiger partial charge on any atom is -0.369 e. The highest BCUT2D eigenvalue weighted by Gasteiger charge is 2.19. The van der Waals surface area contributed by atoms with Crippen molar-refractivity contribution < 1.29 is 9.59 Å². The predicted molar refractivity (Wildman–Crippen MR) is 153 cm³/mol. The molecule has 1 saturated heterocycles. The van der Waals surface area contributed by atoms with Gasteiger partial charge in [0.15, 0.2) is 0 Å². The number of fused-ring (bicyclic) bond motifs is 1. The third-order valence-corrected chi connectivity index (χ3v) is 7.22. The van der Waals surface area contributed by atoms with Crippen LogP contribution in [0.25, 0.3) is 22.2 Å². The molecule has 2 aromatic carbocycles. The SMILES string of the molecule is Cc1cc(-c2cnc3[nH]cc(C(=O)Nc4ccc(C(=O)N(C)C)cc4)c3c2)cc(C)c1N1CCN(C)CC1. The fourth-order valence-corrected chi connectivity index (χ4v) is 5.15. The van der Waals surface area contributed by atoms with Gasteiger partial charge in [-0.15, -0.1) is 0 Å². The van der Waals surface area contributed by atoms with Crippen molar-refractivity contribution in [3.05, 3.63) is 77.1 Å². The summed E-state index contributed by atoms with van der Waals surface area (Å²) in [7, 11) is 5.59. The van der Waals surface area contributed by atoms with Crippen molar-refractivity contribution in [3.8, 4) is 11.1 Å². The number of pyridine rings is 1. The van der Waals surface area contributed by atoms with E-state index in [4.69, 9.17) is 0 Å². The number of piperazine rings is 1. The molecule has 0 saturated carbocycles. The molecule has 8 heteroatoms. The van der Waals surface area contributed by atoms with Crippen LogP contribution in [0.2, 0.25) is 0 Å². The number of likely N-dealkylation sites (N-methyl/N-ethyl adjacent to an activating group) is 1. The van der Waals surface area contributed by atoms with E-state index in [1.165, 1.54) is 21.7 Å². The zero-order chi connectivity index (χ0) is 27.0. The van der Waals surface area contributed by atoms with Crippen LogP contribution in [0.15, 0.2) is 54.9 Å². The predicted octanol–water partition coefficient (Wildman–Crippen LogP) is 4.55. The second kappa shape index (κ2) is 10.3. The number of hydrogen-bond acceptors (Lipinski definition) is 5. The Kier molecular flexibility index (Phi) is 6.91. The topological polar surface area (TPSA) is 84.6 Å². The van der Waals surface area contributed by atoms with Gasteiger partial charge in [0.1, 0.15) is 5.65 Å². The normalized spacial score (nSPS) is 14.1. The number of nitrogens with one attached hydrogen (secondary N) is 2. The Morgan fingerprint density at radius 1 is 0.947 bits per heavy atom. The van der Waals surface area contributed by atoms with Gasteiger partial charge in [0.2, 0.25) is 0 Å². The van der Waals surface area contributed by atoms with E-state index in [1.54, 1.807) is 44.6 Å². The van der Waals surface area contributed by atoms with E-state index >= 15 is 0 Å². The summed E-state index contributed by atoms with van der Waals surface area (Å²) < 4.78 is 0. The minimum absolute atomic E-state index is 0.0832. The summed E-state index contributed by atoms with van der Waals surface area (Å²) in [5.41, 5.74) is 8.22. The van der Waals surface area contributed by atoms with Crippen LogP contribution in [-0.2, 0) is 0 Å². The Morgan fingerprint density at radius 2 is 1.61 bits per heavy atom. The van der Waals surface area contributed by atoms with Gasteiger partial charge in [0.05, 0.1) is 5.56 Å². The number of carbonyl (C=O) groups excluding carboxylic acids is 2. The molecule has 0 spiro atoms. The van der Waals surface area contributed by atoms with E-state index < -0.39 is 0 Å². The Bertz CT molecular complexity index is 1470. The first-order valence-corrected chi connectivity index (χ1v) is 12.9. The summed E-state index contributed by atoms with van der Waals surface area (Å²) >= 11 is 0. The van der Waals surface area contributed by atoms with E-state index in [-0.39, 0.29) is 11.8 Å². The summed E-state index contributed by atoms with van der Waals surface area (Å²) in [5, 5.41) is 3.70. The number of aryl methyl sites for hydroxylation is 2. The molecule has 38 heavy (non-hydrogen) atoms. The highest BCUT2D eigenvalue weighted by Crippen LogP contribution is 2.33. The number of amides is 2. The zero-order valence-corrected chi connectivity index (χ0v) is 22.6. The number of nitrogens with zero attached hydrogens (tertiary/aromatic N) is 4. The van der Waals surface area contributed by atoms with Crippen LogP contribution in [-0.4, -0.2) is 78.9 Å². The maximum atomic E-state index is 13.2. The molecular formula is C30H34N6O2. The number of benzene rings is 2. The van der Waals surface area contributed by atoms with Gasteiger partial charge in [-0.05, 0) is 80.1 Å². The van der Waals surface area contributed by atoms with Crippen LogP contribution in [0.4, 0.5) is 11.4 Å². The molecule has 196 valence electrons. The molecular weight excluding hydrogens is 476 g/mol. The van der Waals surface area contributed by atoms with Gasteiger partial charge in [-0.2, -0.15) is 0 Å². The molecule has 4 aromatic rings. The molecule has 0 bridgehead atoms. The zero-order valence-electron chi connectivity index (χ0n) is 22.6. The molecule has 2 amide bonds. The van der Waals surface area contributed by atoms with Crippen LogP contribution in [0.5, 0.6) is 0 Å². The molecule has 3 heterocycles. The first-order chi connectivity index (χ1) is 18.2. The highest BCUT2D eigenvalue weighted by molar-refractivity contribution is 6.12. The van der Waals surface area contributed by atoms with Crippen molar-refractivity contribution in [3.63, 3.8) is 0 Å². The number of carbonyl (C=O) groups is 2. The van der Waals surface area contributed by atoms with Crippen LogP contribution >= 0.6 is 0 Å². The van der Waals surface area contributed by atoms with Crippen LogP contribution in [0.1, 0.15) is 31.8 Å². The number of aromatic amines is 1. The molecule has 1 aliphatic heterocycles. The smallest absolute Gasteiger partial charge is 0.257 e. The number of aromatic nitrogens is 2. The quantitative estimate of drug-likeness (QED) is 0.412. The standard InChI is InChI=1S/C30H34N6O2/c1-19-14-22(15-20(2)27(19)36-12-10-35(5)11-13-36)23-16-25-26(18-32-28(25)31-17-23)29(37)33-24-8-6-21(7-9-24)30(38)34(3)4/h6-9,14-18H,10-13H2,1-5H3,(H,31,32)(H,33,37). The fraction of sp³-hybridized carbons (Fsp3) is 0.300. The molecule has 5 rings (SSSR count). The monoisotopic (exact) mass is 510 g/mol. The van der Waals surface area contributed by atoms with Gasteiger partial charge in [-0.1, -0.05) is 0 Å². The molecule has 0 unspecified atom stereocenters. The first kappa shape index (κ1) is 25.5. The van der Waals surface area contributed by atoms with Crippen molar-refractivity contribution in [2.24, 2.45) is 0 Å². The van der Waals surface area contributed by atoms with Crippen molar-refractivity contribution in [2.45, 2.75) is 13.8 Å². The average molecular weight is 511 g/mol. The largest absolute Gasteiger partial charge is 0.369 e. The van der Waals surface area contributed by atoms with Gasteiger partial charge in [-0.25, -0.2) is 4.98 Å². The Morgan fingerprint density at radius 3 is 2.24 bits per heavy atom. The van der Waals surface area contributed by atoms with Gasteiger partial charge >= 0.3 is 0 Å². The van der Waals surface area contributed by atoms with E-state index in [9.17, 15) is 9.59 Å². The lowest BCUT2D eigenvalue weighted by Gasteiger charge is -2.36. The fourth-order valence-electron chi connectivity index (χ4n) is 5.15. The van der Waals surface area contributed by atoms with E-state index in [2.05, 4.69) is 58.1 Å². The lowest BCUT2D eigenvalue weighted by Crippen LogP contribution is -2.45. The first-order valence-electron chi connectivity index (χ1n) is 12.9. The van der Waals surface area contributed by atoms with Crippen LogP contribution < -0.4 is 10.2 Å². The lowest BCUT2D eigenvalue weighted by atomic mass is 9.98. The maximum absolute atomic E-state index is 13.2. The van der Waals surface area contributed by atoms with Crippen LogP contribution in [0, 0.1) is 13.8 Å². The summed E-state index contributed by atoms with van der Waals surface area (Å²) in [6.07, 6.45) is 3.54. The second-order valence-electron chi connectivity index (χ2n) is 10.3. The number of hydrogen-bond donors (Lipinski definition) is 2. The van der Waals surface area contributed by atoms with Crippen molar-refractivity contribution >= 4 is 34.2 Å². The van der Waals surface area contributed by atoms with Crippen molar-refractivity contribution in [2.75, 3.05) is 57.5 Å². The van der Waals surface area contributed by atoms with Crippen LogP contribution in [0.3, 0.4) is 0 Å². The Balaban J connectivity index is 1.40. The molecule has 1 aliphatic rings. The molecule has 1 fully saturated rings. The number of rotatable bonds is 5. The van der Waals surface area contributed by atoms with Crippen molar-refractivity contribution in [1.82, 2.24) is 19.8 Å². The van der Waals surface area contributed by atoms with Gasteiger partial charge in [-0.3, -0.25) is 9.59 Å². The van der Waals surface area contributed by atoms with E-state index in [0.717, 1.165) is 42.7 Å². The summed E-state index contributed by atoms with van der Waals surface area (Å²) in [6, 6.07) is 13.4. The lowest BCUT2D eigenvalue weighted by molar-refractivity contribution is 0.0827. The molecule has 2 aromatic heterocycles. The van der Waals surface area contributed by atoms with E-state index in [0.29, 0.717) is 22.5 Å². The Hall–Kier alpha value is -4.17. The van der Waals surface area contributed by atoms with Crippen molar-refractivity contribution in [1.29, 1.82) is 0 Å². The molecule has 0 radical (unpaired) electrons. The molecule has 0 atom stereocenters. The number of H-pyrrole nitrogens is 1. The number of anilines is 2. The average Bonchev–Trinajstić information content (AvgIpc) is 3.33. The van der Waals surface area contributed by atoms with E-state index in [1.807, 2.05) is 12.3 Å². The summed E-state index contributed by atoms with van der Waals surface area (Å²) in [6.45, 7) is 8.53. The molecule has 2 N–H and O–H groups in total. The summed E-state index contributed by atoms with van der Waals surface area (Å²) in [5.74, 6) is -0.320. The maximum Gasteiger partial charge on any atom is 0.257 e. The Labute approximate surface area is 223 Å². The van der Waals surface area contributed by atoms with Gasteiger partial charge in [0.25, 0.3) is 11.8 Å². The minimum atomic E-state index is -0.236. The highest BCUT2D eigenvalue weighted by atomic mass is 16.2. The van der Waals surface area contributed by atoms with Gasteiger partial charge < -0.3 is 25.0 Å². The van der Waals surface area contributed by atoms with Gasteiger partial charge in [0, 0.05) is 80.6 Å². The summed E-state index contributed by atoms with van der Waals surface area (Å²) in [4.78, 5) is 39.4. The third kappa shape index (κ3) is 4.99. The molecule has 0 aliphatic carbocycles.